The summed E-state index contributed by atoms with van der Waals surface area (Å²) in [6, 6.07) is 8.58. The molecule has 4 saturated heterocycles. The number of para-hydroxylation sites is 1. The van der Waals surface area contributed by atoms with Gasteiger partial charge in [-0.1, -0.05) is 18.2 Å². The molecule has 164 valence electrons. The van der Waals surface area contributed by atoms with Crippen LogP contribution in [0.25, 0.3) is 10.9 Å². The number of hydrogen-bond donors (Lipinski definition) is 2. The third-order valence-corrected chi connectivity index (χ3v) is 6.00. The number of benzene rings is 1. The summed E-state index contributed by atoms with van der Waals surface area (Å²) >= 11 is 0. The van der Waals surface area contributed by atoms with Gasteiger partial charge >= 0.3 is 5.97 Å². The predicted octanol–water partition coefficient (Wildman–Crippen LogP) is 1.20. The topological polar surface area (TPSA) is 148 Å². The van der Waals surface area contributed by atoms with E-state index >= 15 is 0 Å². The molecule has 10 heteroatoms. The first-order chi connectivity index (χ1) is 13.7. The number of hydrogen-bond acceptors (Lipinski definition) is 6. The van der Waals surface area contributed by atoms with Crippen molar-refractivity contribution < 1.29 is 32.8 Å². The third-order valence-electron chi connectivity index (χ3n) is 6.00. The number of nitrogens with one attached hydrogen (secondary N) is 1. The Labute approximate surface area is 174 Å². The number of rotatable bonds is 2. The molecule has 5 atom stereocenters. The molecule has 0 saturated carbocycles. The van der Waals surface area contributed by atoms with Crippen LogP contribution in [0.4, 0.5) is 0 Å². The van der Waals surface area contributed by atoms with E-state index in [-0.39, 0.29) is 23.5 Å². The Bertz CT molecular complexity index is 1020. The van der Waals surface area contributed by atoms with Crippen molar-refractivity contribution in [3.05, 3.63) is 36.0 Å². The number of Topliss-reactive ketones (excluding diaryl/α,β-unsaturated/α-hetero) is 1. The zero-order chi connectivity index (χ0) is 20.8. The normalized spacial score (nSPS) is 29.5. The van der Waals surface area contributed by atoms with Crippen LogP contribution in [-0.4, -0.2) is 71.1 Å². The van der Waals surface area contributed by atoms with Crippen LogP contribution in [-0.2, 0) is 19.6 Å². The van der Waals surface area contributed by atoms with Gasteiger partial charge < -0.3 is 15.2 Å². The van der Waals surface area contributed by atoms with Crippen LogP contribution in [0.2, 0.25) is 0 Å². The van der Waals surface area contributed by atoms with Gasteiger partial charge in [-0.25, -0.2) is 4.79 Å². The Kier molecular flexibility index (Phi) is 6.32. The largest absolute Gasteiger partial charge is 0.459 e. The second-order valence-electron chi connectivity index (χ2n) is 8.09. The van der Waals surface area contributed by atoms with E-state index in [9.17, 15) is 18.0 Å². The van der Waals surface area contributed by atoms with Gasteiger partial charge in [0.1, 0.15) is 11.9 Å². The summed E-state index contributed by atoms with van der Waals surface area (Å²) in [5.41, 5.74) is 1.56. The van der Waals surface area contributed by atoms with E-state index in [0.717, 1.165) is 36.6 Å². The van der Waals surface area contributed by atoms with E-state index in [1.807, 2.05) is 24.3 Å². The smallest absolute Gasteiger partial charge is 0.340 e. The number of carbonyl (C=O) groups is 2. The molecular formula is C20H26N2O7S. The molecule has 0 radical (unpaired) electrons. The molecule has 4 bridgehead atoms. The van der Waals surface area contributed by atoms with E-state index in [1.165, 1.54) is 0 Å². The van der Waals surface area contributed by atoms with Crippen LogP contribution in [0.5, 0.6) is 0 Å². The lowest BCUT2D eigenvalue weighted by molar-refractivity contribution is -0.145. The van der Waals surface area contributed by atoms with Gasteiger partial charge in [-0.2, -0.15) is 8.42 Å². The molecule has 9 nitrogen and oxygen atoms in total. The first-order valence-electron chi connectivity index (χ1n) is 9.67. The van der Waals surface area contributed by atoms with Crippen LogP contribution >= 0.6 is 0 Å². The molecule has 4 N–H and O–H groups in total. The van der Waals surface area contributed by atoms with Crippen LogP contribution in [0.15, 0.2) is 30.5 Å². The van der Waals surface area contributed by atoms with Crippen molar-refractivity contribution in [1.29, 1.82) is 0 Å². The Balaban J connectivity index is 0.000000386. The van der Waals surface area contributed by atoms with Crippen LogP contribution in [0.3, 0.4) is 0 Å². The molecule has 0 amide bonds. The van der Waals surface area contributed by atoms with Gasteiger partial charge in [0.25, 0.3) is 10.1 Å². The van der Waals surface area contributed by atoms with E-state index in [2.05, 4.69) is 9.88 Å². The maximum absolute atomic E-state index is 12.6. The van der Waals surface area contributed by atoms with Crippen molar-refractivity contribution in [3.63, 3.8) is 0 Å². The molecular weight excluding hydrogens is 412 g/mol. The minimum atomic E-state index is -3.67. The van der Waals surface area contributed by atoms with E-state index in [0.29, 0.717) is 36.2 Å². The molecule has 4 aliphatic heterocycles. The first kappa shape index (κ1) is 22.4. The third kappa shape index (κ3) is 4.72. The highest BCUT2D eigenvalue weighted by Crippen LogP contribution is 2.42. The number of H-pyrrole nitrogens is 1. The lowest BCUT2D eigenvalue weighted by Gasteiger charge is -2.54. The number of esters is 1. The van der Waals surface area contributed by atoms with Gasteiger partial charge in [0.15, 0.2) is 0 Å². The highest BCUT2D eigenvalue weighted by Gasteiger charge is 2.49. The van der Waals surface area contributed by atoms with E-state index < -0.39 is 10.1 Å². The molecule has 2 aromatic rings. The van der Waals surface area contributed by atoms with E-state index in [1.54, 1.807) is 6.20 Å². The molecule has 4 aliphatic rings. The fraction of sp³-hybridized carbons (Fsp3) is 0.500. The number of ketones is 1. The number of fused-ring (bicyclic) bond motifs is 2. The van der Waals surface area contributed by atoms with Gasteiger partial charge in [0, 0.05) is 47.9 Å². The van der Waals surface area contributed by atoms with Gasteiger partial charge in [-0.05, 0) is 18.9 Å². The number of nitrogens with zero attached hydrogens (tertiary/aromatic N) is 1. The molecule has 1 aromatic carbocycles. The second-order valence-corrected chi connectivity index (χ2v) is 9.56. The summed E-state index contributed by atoms with van der Waals surface area (Å²) in [6.07, 6.45) is 6.01. The predicted molar refractivity (Wildman–Crippen MR) is 110 cm³/mol. The highest BCUT2D eigenvalue weighted by molar-refractivity contribution is 7.85. The quantitative estimate of drug-likeness (QED) is 0.528. The Morgan fingerprint density at radius 1 is 1.17 bits per heavy atom. The fourth-order valence-corrected chi connectivity index (χ4v) is 4.87. The number of carbonyl (C=O) groups excluding carboxylic acids is 2. The zero-order valence-corrected chi connectivity index (χ0v) is 17.4. The summed E-state index contributed by atoms with van der Waals surface area (Å²) in [5, 5.41) is 0.909. The molecule has 1 aromatic heterocycles. The SMILES string of the molecule is CS(=O)(=O)O.O.O=C(OC1CC2CC3C[C@H](C1)N2CC3=O)c1c[nH]c2ccccc12. The van der Waals surface area contributed by atoms with Gasteiger partial charge in [0.2, 0.25) is 0 Å². The van der Waals surface area contributed by atoms with Crippen molar-refractivity contribution >= 4 is 32.8 Å². The van der Waals surface area contributed by atoms with Crippen molar-refractivity contribution in [1.82, 2.24) is 9.88 Å². The first-order valence-corrected chi connectivity index (χ1v) is 11.5. The molecule has 4 fully saturated rings. The van der Waals surface area contributed by atoms with Gasteiger partial charge in [-0.15, -0.1) is 0 Å². The molecule has 0 aliphatic carbocycles. The van der Waals surface area contributed by atoms with E-state index in [4.69, 9.17) is 9.29 Å². The zero-order valence-electron chi connectivity index (χ0n) is 16.6. The van der Waals surface area contributed by atoms with Gasteiger partial charge in [-0.3, -0.25) is 14.2 Å². The molecule has 4 unspecified atom stereocenters. The standard InChI is InChI=1S/C19H20N2O3.CH4O3S.H2O/c22-18-10-21-12-5-11(18)6-13(21)8-14(7-12)24-19(23)16-9-20-17-4-2-1-3-15(16)17;1-5(2,3)4;/h1-4,9,11-14,20H,5-8,10H2;1H3,(H,2,3,4);1H2/t11?,12-,13?,14?;;/m1../s1. The Morgan fingerprint density at radius 3 is 2.37 bits per heavy atom. The van der Waals surface area contributed by atoms with Crippen molar-refractivity contribution in [2.75, 3.05) is 12.8 Å². The maximum atomic E-state index is 12.6. The Morgan fingerprint density at radius 2 is 1.77 bits per heavy atom. The fourth-order valence-electron chi connectivity index (χ4n) is 4.87. The number of piperidine rings is 4. The second kappa shape index (κ2) is 8.46. The van der Waals surface area contributed by atoms with Crippen molar-refractivity contribution in [2.45, 2.75) is 43.9 Å². The summed E-state index contributed by atoms with van der Waals surface area (Å²) in [4.78, 5) is 30.0. The summed E-state index contributed by atoms with van der Waals surface area (Å²) in [5.74, 6) is 0.403. The minimum absolute atomic E-state index is 0. The number of ether oxygens (including phenoxy) is 1. The lowest BCUT2D eigenvalue weighted by Crippen LogP contribution is -2.63. The maximum Gasteiger partial charge on any atom is 0.340 e. The lowest BCUT2D eigenvalue weighted by atomic mass is 9.72. The minimum Gasteiger partial charge on any atom is -0.459 e. The number of aromatic nitrogens is 1. The molecule has 30 heavy (non-hydrogen) atoms. The van der Waals surface area contributed by atoms with Crippen LogP contribution < -0.4 is 0 Å². The average molecular weight is 439 g/mol. The van der Waals surface area contributed by atoms with Crippen LogP contribution in [0.1, 0.15) is 36.0 Å². The summed E-state index contributed by atoms with van der Waals surface area (Å²) in [7, 11) is -3.67. The van der Waals surface area contributed by atoms with Crippen molar-refractivity contribution in [2.24, 2.45) is 5.92 Å². The molecule has 6 rings (SSSR count). The van der Waals surface area contributed by atoms with Crippen molar-refractivity contribution in [3.8, 4) is 0 Å². The van der Waals surface area contributed by atoms with Crippen LogP contribution in [0, 0.1) is 5.92 Å². The number of aromatic amines is 1. The molecule has 0 spiro atoms. The Hall–Kier alpha value is -2.27. The highest BCUT2D eigenvalue weighted by atomic mass is 32.2. The van der Waals surface area contributed by atoms with Gasteiger partial charge in [0.05, 0.1) is 18.4 Å². The summed E-state index contributed by atoms with van der Waals surface area (Å²) in [6.45, 7) is 0.600. The summed E-state index contributed by atoms with van der Waals surface area (Å²) < 4.78 is 31.7. The average Bonchev–Trinajstić information content (AvgIpc) is 3.04. The molecule has 5 heterocycles. The monoisotopic (exact) mass is 438 g/mol.